The number of benzene rings is 2. The van der Waals surface area contributed by atoms with Gasteiger partial charge in [0.1, 0.15) is 17.2 Å². The minimum absolute atomic E-state index is 0.0981. The molecule has 0 aliphatic carbocycles. The Morgan fingerprint density at radius 2 is 1.64 bits per heavy atom. The molecule has 0 radical (unpaired) electrons. The molecule has 0 fully saturated rings. The number of aromatic nitrogens is 1. The van der Waals surface area contributed by atoms with E-state index >= 15 is 0 Å². The van der Waals surface area contributed by atoms with E-state index < -0.39 is 23.2 Å². The molecule has 0 spiro atoms. The standard InChI is InChI=1S/C18H13F2N3O2/c19-14-7-4-8-15(20)16(14)18(24)25-22-17(21)12-5-3-6-13(11-12)23-9-1-2-10-23/h1-11H,(H2,21,22). The summed E-state index contributed by atoms with van der Waals surface area (Å²) in [5, 5.41) is 3.48. The van der Waals surface area contributed by atoms with E-state index in [1.807, 2.05) is 35.2 Å². The maximum absolute atomic E-state index is 13.5. The molecule has 25 heavy (non-hydrogen) atoms. The van der Waals surface area contributed by atoms with E-state index in [-0.39, 0.29) is 5.84 Å². The van der Waals surface area contributed by atoms with Crippen LogP contribution in [0.2, 0.25) is 0 Å². The van der Waals surface area contributed by atoms with Gasteiger partial charge in [-0.05, 0) is 36.4 Å². The third-order valence-electron chi connectivity index (χ3n) is 3.44. The maximum Gasteiger partial charge on any atom is 0.371 e. The molecule has 0 saturated carbocycles. The van der Waals surface area contributed by atoms with E-state index in [0.717, 1.165) is 23.9 Å². The largest absolute Gasteiger partial charge is 0.380 e. The normalized spacial score (nSPS) is 11.4. The van der Waals surface area contributed by atoms with Crippen molar-refractivity contribution >= 4 is 11.8 Å². The lowest BCUT2D eigenvalue weighted by molar-refractivity contribution is 0.0505. The molecular formula is C18H13F2N3O2. The van der Waals surface area contributed by atoms with Crippen molar-refractivity contribution in [3.63, 3.8) is 0 Å². The molecule has 0 aliphatic rings. The van der Waals surface area contributed by atoms with E-state index in [2.05, 4.69) is 9.99 Å². The summed E-state index contributed by atoms with van der Waals surface area (Å²) < 4.78 is 28.9. The lowest BCUT2D eigenvalue weighted by Crippen LogP contribution is -2.16. The first-order valence-electron chi connectivity index (χ1n) is 7.29. The Labute approximate surface area is 141 Å². The second kappa shape index (κ2) is 6.96. The third-order valence-corrected chi connectivity index (χ3v) is 3.44. The number of carbonyl (C=O) groups is 1. The zero-order valence-electron chi connectivity index (χ0n) is 12.9. The molecule has 0 amide bonds. The maximum atomic E-state index is 13.5. The smallest absolute Gasteiger partial charge is 0.371 e. The van der Waals surface area contributed by atoms with Gasteiger partial charge in [-0.1, -0.05) is 23.4 Å². The number of rotatable bonds is 4. The van der Waals surface area contributed by atoms with Gasteiger partial charge in [0, 0.05) is 23.6 Å². The van der Waals surface area contributed by atoms with Crippen LogP contribution in [0.15, 0.2) is 72.1 Å². The molecule has 0 bridgehead atoms. The Hall–Kier alpha value is -3.48. The Morgan fingerprint density at radius 1 is 1.00 bits per heavy atom. The van der Waals surface area contributed by atoms with Crippen molar-refractivity contribution in [3.8, 4) is 5.69 Å². The van der Waals surface area contributed by atoms with Crippen molar-refractivity contribution in [1.82, 2.24) is 4.57 Å². The van der Waals surface area contributed by atoms with E-state index in [0.29, 0.717) is 5.56 Å². The van der Waals surface area contributed by atoms with Crippen LogP contribution in [0.25, 0.3) is 5.69 Å². The number of halogens is 2. The number of amidine groups is 1. The van der Waals surface area contributed by atoms with Gasteiger partial charge in [-0.3, -0.25) is 0 Å². The summed E-state index contributed by atoms with van der Waals surface area (Å²) in [6, 6.07) is 13.8. The van der Waals surface area contributed by atoms with Crippen molar-refractivity contribution in [3.05, 3.63) is 89.8 Å². The number of hydrogen-bond donors (Lipinski definition) is 1. The first-order chi connectivity index (χ1) is 12.1. The zero-order valence-corrected chi connectivity index (χ0v) is 12.9. The van der Waals surface area contributed by atoms with Gasteiger partial charge < -0.3 is 15.1 Å². The fourth-order valence-corrected chi connectivity index (χ4v) is 2.21. The highest BCUT2D eigenvalue weighted by atomic mass is 19.1. The Balaban J connectivity index is 1.80. The molecule has 3 aromatic rings. The van der Waals surface area contributed by atoms with Crippen molar-refractivity contribution in [1.29, 1.82) is 0 Å². The third kappa shape index (κ3) is 3.55. The van der Waals surface area contributed by atoms with Crippen LogP contribution in [-0.2, 0) is 4.84 Å². The quantitative estimate of drug-likeness (QED) is 0.343. The number of hydrogen-bond acceptors (Lipinski definition) is 3. The van der Waals surface area contributed by atoms with Crippen LogP contribution in [0.3, 0.4) is 0 Å². The number of carbonyl (C=O) groups excluding carboxylic acids is 1. The molecule has 2 aromatic carbocycles. The summed E-state index contributed by atoms with van der Waals surface area (Å²) in [4.78, 5) is 16.4. The van der Waals surface area contributed by atoms with E-state index in [1.165, 1.54) is 0 Å². The van der Waals surface area contributed by atoms with Gasteiger partial charge in [0.15, 0.2) is 5.84 Å². The SMILES string of the molecule is N/C(=N/OC(=O)c1c(F)cccc1F)c1cccc(-n2cccc2)c1. The second-order valence-corrected chi connectivity index (χ2v) is 5.09. The van der Waals surface area contributed by atoms with Gasteiger partial charge in [-0.15, -0.1) is 0 Å². The molecule has 3 rings (SSSR count). The second-order valence-electron chi connectivity index (χ2n) is 5.09. The molecule has 0 unspecified atom stereocenters. The highest BCUT2D eigenvalue weighted by molar-refractivity contribution is 5.98. The van der Waals surface area contributed by atoms with E-state index in [1.54, 1.807) is 18.2 Å². The summed E-state index contributed by atoms with van der Waals surface area (Å²) in [5.74, 6) is -3.43. The molecular weight excluding hydrogens is 328 g/mol. The highest BCUT2D eigenvalue weighted by Gasteiger charge is 2.19. The number of oxime groups is 1. The van der Waals surface area contributed by atoms with Crippen LogP contribution in [0.5, 0.6) is 0 Å². The van der Waals surface area contributed by atoms with Crippen LogP contribution in [0.1, 0.15) is 15.9 Å². The summed E-state index contributed by atoms with van der Waals surface area (Å²) in [7, 11) is 0. The van der Waals surface area contributed by atoms with Crippen molar-refractivity contribution in [2.75, 3.05) is 0 Å². The topological polar surface area (TPSA) is 69.6 Å². The molecule has 126 valence electrons. The average Bonchev–Trinajstić information content (AvgIpc) is 3.14. The van der Waals surface area contributed by atoms with E-state index in [9.17, 15) is 13.6 Å². The molecule has 0 aliphatic heterocycles. The van der Waals surface area contributed by atoms with E-state index in [4.69, 9.17) is 5.73 Å². The van der Waals surface area contributed by atoms with Crippen LogP contribution in [-0.4, -0.2) is 16.4 Å². The Kier molecular flexibility index (Phi) is 4.56. The summed E-state index contributed by atoms with van der Waals surface area (Å²) in [6.07, 6.45) is 3.71. The lowest BCUT2D eigenvalue weighted by Gasteiger charge is -2.06. The fourth-order valence-electron chi connectivity index (χ4n) is 2.21. The van der Waals surface area contributed by atoms with Crippen LogP contribution < -0.4 is 5.73 Å². The summed E-state index contributed by atoms with van der Waals surface area (Å²) >= 11 is 0. The minimum Gasteiger partial charge on any atom is -0.380 e. The summed E-state index contributed by atoms with van der Waals surface area (Å²) in [5.41, 5.74) is 6.30. The van der Waals surface area contributed by atoms with Crippen LogP contribution in [0, 0.1) is 11.6 Å². The van der Waals surface area contributed by atoms with Gasteiger partial charge in [0.25, 0.3) is 0 Å². The number of nitrogens with zero attached hydrogens (tertiary/aromatic N) is 2. The van der Waals surface area contributed by atoms with Gasteiger partial charge in [0.2, 0.25) is 0 Å². The molecule has 7 heteroatoms. The summed E-state index contributed by atoms with van der Waals surface area (Å²) in [6.45, 7) is 0. The molecule has 0 atom stereocenters. The fraction of sp³-hybridized carbons (Fsp3) is 0. The minimum atomic E-state index is -1.26. The van der Waals surface area contributed by atoms with Gasteiger partial charge in [-0.2, -0.15) is 0 Å². The molecule has 2 N–H and O–H groups in total. The predicted molar refractivity (Wildman–Crippen MR) is 88.3 cm³/mol. The van der Waals surface area contributed by atoms with Crippen molar-refractivity contribution < 1.29 is 18.4 Å². The van der Waals surface area contributed by atoms with Gasteiger partial charge in [-0.25, -0.2) is 13.6 Å². The molecule has 5 nitrogen and oxygen atoms in total. The Morgan fingerprint density at radius 3 is 2.32 bits per heavy atom. The van der Waals surface area contributed by atoms with Crippen LogP contribution >= 0.6 is 0 Å². The molecule has 1 heterocycles. The van der Waals surface area contributed by atoms with Gasteiger partial charge >= 0.3 is 5.97 Å². The monoisotopic (exact) mass is 341 g/mol. The first-order valence-corrected chi connectivity index (χ1v) is 7.29. The van der Waals surface area contributed by atoms with Crippen molar-refractivity contribution in [2.45, 2.75) is 0 Å². The molecule has 1 aromatic heterocycles. The molecule has 0 saturated heterocycles. The Bertz CT molecular complexity index is 917. The zero-order chi connectivity index (χ0) is 17.8. The average molecular weight is 341 g/mol. The van der Waals surface area contributed by atoms with Crippen LogP contribution in [0.4, 0.5) is 8.78 Å². The van der Waals surface area contributed by atoms with Crippen molar-refractivity contribution in [2.24, 2.45) is 10.9 Å². The number of nitrogens with two attached hydrogens (primary N) is 1. The first kappa shape index (κ1) is 16.4. The predicted octanol–water partition coefficient (Wildman–Crippen LogP) is 3.23. The lowest BCUT2D eigenvalue weighted by atomic mass is 10.2. The highest BCUT2D eigenvalue weighted by Crippen LogP contribution is 2.14. The van der Waals surface area contributed by atoms with Gasteiger partial charge in [0.05, 0.1) is 0 Å².